The largest absolute Gasteiger partial charge is 0.453 e. The Morgan fingerprint density at radius 1 is 0.500 bits per heavy atom. The van der Waals surface area contributed by atoms with Gasteiger partial charge in [0.2, 0.25) is 0 Å². The number of para-hydroxylation sites is 3. The summed E-state index contributed by atoms with van der Waals surface area (Å²) in [6.07, 6.45) is 0. The van der Waals surface area contributed by atoms with E-state index in [4.69, 9.17) is 9.72 Å². The summed E-state index contributed by atoms with van der Waals surface area (Å²) in [5.41, 5.74) is 8.41. The van der Waals surface area contributed by atoms with Crippen molar-refractivity contribution >= 4 is 28.0 Å². The van der Waals surface area contributed by atoms with Gasteiger partial charge in [0.15, 0.2) is 11.5 Å². The second-order valence-corrected chi connectivity index (χ2v) is 8.89. The number of ether oxygens (including phenoxy) is 1. The monoisotopic (exact) mass is 462 g/mol. The molecule has 170 valence electrons. The van der Waals surface area contributed by atoms with Crippen LogP contribution >= 0.6 is 0 Å². The summed E-state index contributed by atoms with van der Waals surface area (Å²) in [5, 5.41) is 1.14. The van der Waals surface area contributed by atoms with Crippen molar-refractivity contribution in [1.29, 1.82) is 0 Å². The van der Waals surface area contributed by atoms with Gasteiger partial charge in [-0.1, -0.05) is 84.9 Å². The van der Waals surface area contributed by atoms with Gasteiger partial charge < -0.3 is 9.64 Å². The molecular formula is C33H22N2O. The summed E-state index contributed by atoms with van der Waals surface area (Å²) in [5.74, 6) is 1.67. The topological polar surface area (TPSA) is 25.4 Å². The van der Waals surface area contributed by atoms with Crippen molar-refractivity contribution < 1.29 is 4.74 Å². The molecule has 1 aromatic heterocycles. The van der Waals surface area contributed by atoms with E-state index in [1.165, 1.54) is 5.56 Å². The second kappa shape index (κ2) is 8.40. The smallest absolute Gasteiger partial charge is 0.152 e. The molecular weight excluding hydrogens is 440 g/mol. The fourth-order valence-corrected chi connectivity index (χ4v) is 4.88. The Labute approximate surface area is 209 Å². The molecule has 1 aliphatic rings. The quantitative estimate of drug-likeness (QED) is 0.262. The molecule has 0 bridgehead atoms. The molecule has 0 radical (unpaired) electrons. The van der Waals surface area contributed by atoms with Gasteiger partial charge in [0.1, 0.15) is 0 Å². The van der Waals surface area contributed by atoms with Gasteiger partial charge in [-0.15, -0.1) is 0 Å². The third-order valence-electron chi connectivity index (χ3n) is 6.63. The summed E-state index contributed by atoms with van der Waals surface area (Å²) in [6.45, 7) is 0. The SMILES string of the molecule is c1ccc(-c2ccc3c(c2)Oc2ccccc2N3c2cccc(-c3ccc4ccccc4n3)c2)cc1. The van der Waals surface area contributed by atoms with Gasteiger partial charge >= 0.3 is 0 Å². The van der Waals surface area contributed by atoms with Crippen LogP contribution in [0.2, 0.25) is 0 Å². The first kappa shape index (κ1) is 20.5. The van der Waals surface area contributed by atoms with Crippen molar-refractivity contribution in [2.45, 2.75) is 0 Å². The van der Waals surface area contributed by atoms with Gasteiger partial charge in [0.25, 0.3) is 0 Å². The van der Waals surface area contributed by atoms with Crippen LogP contribution in [-0.4, -0.2) is 4.98 Å². The molecule has 0 spiro atoms. The molecule has 0 aliphatic carbocycles. The molecule has 1 aliphatic heterocycles. The summed E-state index contributed by atoms with van der Waals surface area (Å²) < 4.78 is 6.40. The molecule has 3 nitrogen and oxygen atoms in total. The van der Waals surface area contributed by atoms with Crippen LogP contribution in [0.3, 0.4) is 0 Å². The number of anilines is 3. The van der Waals surface area contributed by atoms with E-state index in [1.807, 2.05) is 36.4 Å². The molecule has 0 saturated carbocycles. The highest BCUT2D eigenvalue weighted by Gasteiger charge is 2.26. The van der Waals surface area contributed by atoms with E-state index in [9.17, 15) is 0 Å². The van der Waals surface area contributed by atoms with Crippen LogP contribution in [0.5, 0.6) is 11.5 Å². The van der Waals surface area contributed by atoms with Crippen LogP contribution < -0.4 is 9.64 Å². The van der Waals surface area contributed by atoms with Crippen molar-refractivity contribution in [2.75, 3.05) is 4.90 Å². The van der Waals surface area contributed by atoms with Crippen molar-refractivity contribution in [3.63, 3.8) is 0 Å². The lowest BCUT2D eigenvalue weighted by molar-refractivity contribution is 0.477. The molecule has 0 N–H and O–H groups in total. The molecule has 0 saturated heterocycles. The van der Waals surface area contributed by atoms with Crippen molar-refractivity contribution in [3.05, 3.63) is 133 Å². The van der Waals surface area contributed by atoms with Crippen LogP contribution in [0.25, 0.3) is 33.3 Å². The van der Waals surface area contributed by atoms with Crippen LogP contribution in [0.1, 0.15) is 0 Å². The number of fused-ring (bicyclic) bond motifs is 3. The predicted octanol–water partition coefficient (Wildman–Crippen LogP) is 9.14. The second-order valence-electron chi connectivity index (χ2n) is 8.89. The van der Waals surface area contributed by atoms with Crippen molar-refractivity contribution in [2.24, 2.45) is 0 Å². The van der Waals surface area contributed by atoms with Crippen LogP contribution in [0.4, 0.5) is 17.1 Å². The average molecular weight is 463 g/mol. The number of nitrogens with zero attached hydrogens (tertiary/aromatic N) is 2. The number of pyridine rings is 1. The van der Waals surface area contributed by atoms with Gasteiger partial charge in [-0.3, -0.25) is 0 Å². The molecule has 3 heteroatoms. The van der Waals surface area contributed by atoms with E-state index < -0.39 is 0 Å². The Morgan fingerprint density at radius 3 is 2.22 bits per heavy atom. The van der Waals surface area contributed by atoms with Crippen molar-refractivity contribution in [3.8, 4) is 33.9 Å². The highest BCUT2D eigenvalue weighted by atomic mass is 16.5. The van der Waals surface area contributed by atoms with E-state index >= 15 is 0 Å². The van der Waals surface area contributed by atoms with Gasteiger partial charge in [-0.25, -0.2) is 4.98 Å². The Bertz CT molecular complexity index is 1730. The lowest BCUT2D eigenvalue weighted by Crippen LogP contribution is -2.15. The first-order valence-corrected chi connectivity index (χ1v) is 12.1. The Kier molecular flexibility index (Phi) is 4.78. The minimum atomic E-state index is 0.837. The molecule has 0 fully saturated rings. The fraction of sp³-hybridized carbons (Fsp3) is 0. The summed E-state index contributed by atoms with van der Waals surface area (Å²) >= 11 is 0. The first-order valence-electron chi connectivity index (χ1n) is 12.1. The number of aromatic nitrogens is 1. The number of hydrogen-bond acceptors (Lipinski definition) is 3. The fourth-order valence-electron chi connectivity index (χ4n) is 4.88. The maximum absolute atomic E-state index is 6.40. The van der Waals surface area contributed by atoms with E-state index in [2.05, 4.69) is 102 Å². The molecule has 5 aromatic carbocycles. The Balaban J connectivity index is 1.36. The normalized spacial score (nSPS) is 12.1. The van der Waals surface area contributed by atoms with E-state index in [0.717, 1.165) is 56.3 Å². The van der Waals surface area contributed by atoms with E-state index in [1.54, 1.807) is 0 Å². The molecule has 0 amide bonds. The molecule has 6 aromatic rings. The zero-order valence-electron chi connectivity index (χ0n) is 19.5. The highest BCUT2D eigenvalue weighted by Crippen LogP contribution is 2.51. The minimum absolute atomic E-state index is 0.837. The Morgan fingerprint density at radius 2 is 1.28 bits per heavy atom. The average Bonchev–Trinajstić information content (AvgIpc) is 2.96. The van der Waals surface area contributed by atoms with Crippen LogP contribution in [-0.2, 0) is 0 Å². The Hall–Kier alpha value is -4.89. The van der Waals surface area contributed by atoms with E-state index in [-0.39, 0.29) is 0 Å². The molecule has 7 rings (SSSR count). The van der Waals surface area contributed by atoms with Crippen LogP contribution in [0, 0.1) is 0 Å². The standard InChI is InChI=1S/C33H22N2O/c1-2-9-23(10-3-1)25-18-20-31-33(22-25)36-32-16-7-6-15-30(32)35(31)27-13-8-12-26(21-27)29-19-17-24-11-4-5-14-28(24)34-29/h1-22H. The highest BCUT2D eigenvalue weighted by molar-refractivity contribution is 5.89. The van der Waals surface area contributed by atoms with Crippen LogP contribution in [0.15, 0.2) is 133 Å². The zero-order chi connectivity index (χ0) is 23.9. The lowest BCUT2D eigenvalue weighted by Gasteiger charge is -2.33. The van der Waals surface area contributed by atoms with Gasteiger partial charge in [0, 0.05) is 16.6 Å². The molecule has 36 heavy (non-hydrogen) atoms. The van der Waals surface area contributed by atoms with Crippen molar-refractivity contribution in [1.82, 2.24) is 4.98 Å². The minimum Gasteiger partial charge on any atom is -0.453 e. The van der Waals surface area contributed by atoms with Gasteiger partial charge in [-0.2, -0.15) is 0 Å². The first-order chi connectivity index (χ1) is 17.8. The number of hydrogen-bond donors (Lipinski definition) is 0. The number of rotatable bonds is 3. The summed E-state index contributed by atoms with van der Waals surface area (Å²) in [7, 11) is 0. The molecule has 0 unspecified atom stereocenters. The van der Waals surface area contributed by atoms with Gasteiger partial charge in [-0.05, 0) is 59.7 Å². The zero-order valence-corrected chi connectivity index (χ0v) is 19.5. The lowest BCUT2D eigenvalue weighted by atomic mass is 10.0. The molecule has 0 atom stereocenters. The van der Waals surface area contributed by atoms with Gasteiger partial charge in [0.05, 0.1) is 22.6 Å². The summed E-state index contributed by atoms with van der Waals surface area (Å²) in [4.78, 5) is 7.19. The third kappa shape index (κ3) is 3.50. The third-order valence-corrected chi connectivity index (χ3v) is 6.63. The summed E-state index contributed by atoms with van der Waals surface area (Å²) in [6, 6.07) is 46.0. The van der Waals surface area contributed by atoms with E-state index in [0.29, 0.717) is 0 Å². The molecule has 2 heterocycles. The maximum Gasteiger partial charge on any atom is 0.152 e. The number of benzene rings is 5. The predicted molar refractivity (Wildman–Crippen MR) is 147 cm³/mol. The maximum atomic E-state index is 6.40.